The van der Waals surface area contributed by atoms with E-state index < -0.39 is 5.97 Å². The molecule has 18 heavy (non-hydrogen) atoms. The second kappa shape index (κ2) is 6.46. The van der Waals surface area contributed by atoms with Crippen molar-refractivity contribution in [3.63, 3.8) is 0 Å². The van der Waals surface area contributed by atoms with E-state index in [1.54, 1.807) is 6.07 Å². The number of carbonyl (C=O) groups excluding carboxylic acids is 1. The second-order valence-corrected chi connectivity index (χ2v) is 4.04. The summed E-state index contributed by atoms with van der Waals surface area (Å²) < 4.78 is 4.48. The van der Waals surface area contributed by atoms with E-state index in [1.165, 1.54) is 7.11 Å². The number of hydrogen-bond acceptors (Lipinski definition) is 5. The number of ether oxygens (including phenoxy) is 1. The molecule has 0 aromatic heterocycles. The van der Waals surface area contributed by atoms with Gasteiger partial charge in [0.25, 0.3) is 0 Å². The summed E-state index contributed by atoms with van der Waals surface area (Å²) in [4.78, 5) is 11.4. The van der Waals surface area contributed by atoms with Gasteiger partial charge in [-0.3, -0.25) is 0 Å². The van der Waals surface area contributed by atoms with Crippen molar-refractivity contribution in [2.45, 2.75) is 32.1 Å². The minimum absolute atomic E-state index is 0.0660. The Morgan fingerprint density at radius 2 is 1.83 bits per heavy atom. The molecule has 5 nitrogen and oxygen atoms in total. The minimum Gasteiger partial charge on any atom is -0.465 e. The fourth-order valence-electron chi connectivity index (χ4n) is 2.00. The summed E-state index contributed by atoms with van der Waals surface area (Å²) in [5.74, 6) is -0.806. The second-order valence-electron chi connectivity index (χ2n) is 4.04. The van der Waals surface area contributed by atoms with Gasteiger partial charge in [-0.15, -0.1) is 0 Å². The first-order valence-corrected chi connectivity index (χ1v) is 5.76. The zero-order valence-electron chi connectivity index (χ0n) is 10.3. The molecule has 1 aliphatic rings. The maximum atomic E-state index is 11.4. The van der Waals surface area contributed by atoms with E-state index in [9.17, 15) is 4.79 Å². The summed E-state index contributed by atoms with van der Waals surface area (Å²) in [7, 11) is 1.17. The number of nitrogens with two attached hydrogens (primary N) is 1. The summed E-state index contributed by atoms with van der Waals surface area (Å²) in [5, 5.41) is 18.1. The Bertz CT molecular complexity index is 481. The molecule has 1 saturated carbocycles. The Hall–Kier alpha value is -2.27. The van der Waals surface area contributed by atoms with Crippen LogP contribution >= 0.6 is 0 Å². The van der Waals surface area contributed by atoms with Crippen LogP contribution in [0.1, 0.15) is 32.1 Å². The normalized spacial score (nSPS) is 16.1. The fraction of sp³-hybridized carbons (Fsp3) is 0.462. The van der Waals surface area contributed by atoms with Crippen molar-refractivity contribution in [2.75, 3.05) is 7.11 Å². The van der Waals surface area contributed by atoms with E-state index in [0.29, 0.717) is 0 Å². The molecule has 0 aromatic rings. The monoisotopic (exact) mass is 245 g/mol. The van der Waals surface area contributed by atoms with Gasteiger partial charge in [0.15, 0.2) is 5.57 Å². The van der Waals surface area contributed by atoms with Crippen molar-refractivity contribution in [2.24, 2.45) is 5.73 Å². The van der Waals surface area contributed by atoms with Gasteiger partial charge in [-0.05, 0) is 25.7 Å². The average Bonchev–Trinajstić information content (AvgIpc) is 2.41. The van der Waals surface area contributed by atoms with Gasteiger partial charge in [-0.2, -0.15) is 10.5 Å². The zero-order chi connectivity index (χ0) is 13.5. The molecule has 5 heteroatoms. The number of nitriles is 2. The van der Waals surface area contributed by atoms with Gasteiger partial charge in [0.05, 0.1) is 18.4 Å². The Morgan fingerprint density at radius 3 is 2.28 bits per heavy atom. The van der Waals surface area contributed by atoms with E-state index in [1.807, 2.05) is 6.07 Å². The van der Waals surface area contributed by atoms with Crippen molar-refractivity contribution >= 4 is 5.97 Å². The third-order valence-electron chi connectivity index (χ3n) is 2.96. The maximum absolute atomic E-state index is 11.4. The summed E-state index contributed by atoms with van der Waals surface area (Å²) >= 11 is 0. The van der Waals surface area contributed by atoms with Gasteiger partial charge in [0, 0.05) is 0 Å². The van der Waals surface area contributed by atoms with Gasteiger partial charge in [0.1, 0.15) is 12.1 Å². The van der Waals surface area contributed by atoms with Crippen LogP contribution in [0, 0.1) is 22.7 Å². The van der Waals surface area contributed by atoms with Crippen molar-refractivity contribution in [1.29, 1.82) is 10.5 Å². The van der Waals surface area contributed by atoms with Gasteiger partial charge in [0.2, 0.25) is 0 Å². The number of carbonyl (C=O) groups is 1. The summed E-state index contributed by atoms with van der Waals surface area (Å²) in [6, 6.07) is 3.70. The Labute approximate surface area is 106 Å². The van der Waals surface area contributed by atoms with E-state index in [4.69, 9.17) is 16.3 Å². The van der Waals surface area contributed by atoms with Crippen molar-refractivity contribution < 1.29 is 9.53 Å². The van der Waals surface area contributed by atoms with E-state index in [0.717, 1.165) is 37.7 Å². The third kappa shape index (κ3) is 2.89. The van der Waals surface area contributed by atoms with Crippen LogP contribution in [0.25, 0.3) is 0 Å². The molecule has 0 aromatic carbocycles. The third-order valence-corrected chi connectivity index (χ3v) is 2.96. The summed E-state index contributed by atoms with van der Waals surface area (Å²) in [5.41, 5.74) is 6.59. The maximum Gasteiger partial charge on any atom is 0.350 e. The first kappa shape index (κ1) is 13.8. The predicted molar refractivity (Wildman–Crippen MR) is 64.6 cm³/mol. The van der Waals surface area contributed by atoms with E-state index in [2.05, 4.69) is 4.74 Å². The lowest BCUT2D eigenvalue weighted by Gasteiger charge is -2.16. The molecule has 0 atom stereocenters. The molecule has 1 aliphatic carbocycles. The fourth-order valence-corrected chi connectivity index (χ4v) is 2.00. The van der Waals surface area contributed by atoms with Crippen LogP contribution in [0.2, 0.25) is 0 Å². The summed E-state index contributed by atoms with van der Waals surface area (Å²) in [6.07, 6.45) is 4.74. The number of hydrogen-bond donors (Lipinski definition) is 1. The molecule has 94 valence electrons. The molecule has 1 fully saturated rings. The quantitative estimate of drug-likeness (QED) is 0.453. The van der Waals surface area contributed by atoms with Crippen LogP contribution in [0.5, 0.6) is 0 Å². The molecule has 1 rings (SSSR count). The molecule has 0 spiro atoms. The van der Waals surface area contributed by atoms with Gasteiger partial charge < -0.3 is 10.5 Å². The average molecular weight is 245 g/mol. The zero-order valence-corrected chi connectivity index (χ0v) is 10.3. The molecule has 2 N–H and O–H groups in total. The highest BCUT2D eigenvalue weighted by atomic mass is 16.5. The Morgan fingerprint density at radius 1 is 1.22 bits per heavy atom. The van der Waals surface area contributed by atoms with Crippen molar-refractivity contribution in [3.8, 4) is 12.1 Å². The molecule has 0 amide bonds. The lowest BCUT2D eigenvalue weighted by Crippen LogP contribution is -2.14. The molecule has 0 saturated heterocycles. The number of allylic oxidation sites excluding steroid dienone is 2. The van der Waals surface area contributed by atoms with Crippen molar-refractivity contribution in [3.05, 3.63) is 22.4 Å². The molecule has 0 bridgehead atoms. The molecule has 0 unspecified atom stereocenters. The van der Waals surface area contributed by atoms with Crippen LogP contribution in [0.3, 0.4) is 0 Å². The van der Waals surface area contributed by atoms with Gasteiger partial charge in [-0.25, -0.2) is 4.79 Å². The topological polar surface area (TPSA) is 99.9 Å². The first-order chi connectivity index (χ1) is 8.65. The highest BCUT2D eigenvalue weighted by Gasteiger charge is 2.20. The number of esters is 1. The lowest BCUT2D eigenvalue weighted by molar-refractivity contribution is -0.135. The minimum atomic E-state index is -0.806. The first-order valence-electron chi connectivity index (χ1n) is 5.76. The van der Waals surface area contributed by atoms with E-state index >= 15 is 0 Å². The molecule has 0 aliphatic heterocycles. The predicted octanol–water partition coefficient (Wildman–Crippen LogP) is 1.68. The van der Waals surface area contributed by atoms with Crippen LogP contribution in [0.4, 0.5) is 0 Å². The number of methoxy groups -OCH3 is 1. The van der Waals surface area contributed by atoms with Gasteiger partial charge >= 0.3 is 5.97 Å². The van der Waals surface area contributed by atoms with Crippen LogP contribution in [0.15, 0.2) is 22.4 Å². The molecular formula is C13H15N3O2. The molecule has 0 radical (unpaired) electrons. The highest BCUT2D eigenvalue weighted by molar-refractivity contribution is 5.94. The lowest BCUT2D eigenvalue weighted by atomic mass is 9.89. The Kier molecular flexibility index (Phi) is 4.95. The smallest absolute Gasteiger partial charge is 0.350 e. The van der Waals surface area contributed by atoms with Crippen LogP contribution < -0.4 is 5.73 Å². The number of nitrogens with zero attached hydrogens (tertiary/aromatic N) is 2. The molecular weight excluding hydrogens is 230 g/mol. The Balaban J connectivity index is 3.24. The highest BCUT2D eigenvalue weighted by Crippen LogP contribution is 2.28. The van der Waals surface area contributed by atoms with Crippen LogP contribution in [-0.4, -0.2) is 13.1 Å². The number of rotatable bonds is 2. The summed E-state index contributed by atoms with van der Waals surface area (Å²) in [6.45, 7) is 0. The van der Waals surface area contributed by atoms with Crippen LogP contribution in [-0.2, 0) is 9.53 Å². The van der Waals surface area contributed by atoms with Crippen molar-refractivity contribution in [1.82, 2.24) is 0 Å². The standard InChI is InChI=1S/C13H15N3O2/c1-18-13(17)11(8-15)12(16)10(7-14)9-5-3-2-4-6-9/h2-6,16H2,1H3/b12-11-. The largest absolute Gasteiger partial charge is 0.465 e. The van der Waals surface area contributed by atoms with Gasteiger partial charge in [-0.1, -0.05) is 12.0 Å². The molecule has 0 heterocycles. The van der Waals surface area contributed by atoms with E-state index in [-0.39, 0.29) is 16.8 Å². The SMILES string of the molecule is COC(=O)/C(C#N)=C(\N)C(C#N)=C1CCCCC1.